The molecule has 1 unspecified atom stereocenters. The van der Waals surface area contributed by atoms with Crippen molar-refractivity contribution < 1.29 is 9.90 Å². The molecule has 4 rings (SSSR count). The minimum atomic E-state index is -0.265. The zero-order valence-corrected chi connectivity index (χ0v) is 15.2. The van der Waals surface area contributed by atoms with Crippen molar-refractivity contribution in [2.45, 2.75) is 20.0 Å². The first-order valence-corrected chi connectivity index (χ1v) is 9.02. The highest BCUT2D eigenvalue weighted by Crippen LogP contribution is 2.42. The number of fused-ring (bicyclic) bond motifs is 3. The molecule has 1 aromatic heterocycles. The number of benzene rings is 2. The van der Waals surface area contributed by atoms with Gasteiger partial charge in [-0.1, -0.05) is 17.7 Å². The molecule has 2 aromatic carbocycles. The summed E-state index contributed by atoms with van der Waals surface area (Å²) in [5, 5.41) is 16.4. The second kappa shape index (κ2) is 5.82. The fourth-order valence-corrected chi connectivity index (χ4v) is 4.24. The Kier molecular flexibility index (Phi) is 3.74. The molecular weight excluding hydrogens is 358 g/mol. The van der Waals surface area contributed by atoms with Crippen LogP contribution in [0.2, 0.25) is 5.02 Å². The van der Waals surface area contributed by atoms with E-state index < -0.39 is 0 Å². The minimum absolute atomic E-state index is 0.0921. The molecule has 1 atom stereocenters. The van der Waals surface area contributed by atoms with Crippen molar-refractivity contribution in [2.24, 2.45) is 0 Å². The minimum Gasteiger partial charge on any atom is -0.508 e. The predicted molar refractivity (Wildman–Crippen MR) is 103 cm³/mol. The van der Waals surface area contributed by atoms with Crippen LogP contribution in [0.15, 0.2) is 36.4 Å². The smallest absolute Gasteiger partial charge is 0.265 e. The number of thiophene rings is 1. The van der Waals surface area contributed by atoms with Crippen LogP contribution in [0.3, 0.4) is 0 Å². The van der Waals surface area contributed by atoms with E-state index in [1.165, 1.54) is 11.3 Å². The van der Waals surface area contributed by atoms with Crippen molar-refractivity contribution in [3.05, 3.63) is 51.9 Å². The van der Waals surface area contributed by atoms with E-state index in [0.29, 0.717) is 9.90 Å². The number of halogens is 1. The van der Waals surface area contributed by atoms with E-state index in [9.17, 15) is 9.90 Å². The van der Waals surface area contributed by atoms with Crippen LogP contribution >= 0.6 is 22.9 Å². The monoisotopic (exact) mass is 373 g/mol. The van der Waals surface area contributed by atoms with Gasteiger partial charge in [0.2, 0.25) is 0 Å². The van der Waals surface area contributed by atoms with Crippen molar-refractivity contribution in [1.82, 2.24) is 5.32 Å². The van der Waals surface area contributed by atoms with Gasteiger partial charge in [0.15, 0.2) is 0 Å². The summed E-state index contributed by atoms with van der Waals surface area (Å²) in [6, 6.07) is 10.9. The molecule has 5 nitrogen and oxygen atoms in total. The molecule has 0 saturated heterocycles. The summed E-state index contributed by atoms with van der Waals surface area (Å²) in [5.74, 6) is 0.127. The maximum atomic E-state index is 12.4. The number of hydrogen-bond donors (Lipinski definition) is 3. The summed E-state index contributed by atoms with van der Waals surface area (Å²) < 4.78 is 0.998. The van der Waals surface area contributed by atoms with Gasteiger partial charge in [0, 0.05) is 20.7 Å². The van der Waals surface area contributed by atoms with Crippen LogP contribution in [0.5, 0.6) is 5.75 Å². The lowest BCUT2D eigenvalue weighted by atomic mass is 10.1. The molecule has 0 fully saturated rings. The number of aromatic hydroxyl groups is 1. The molecule has 3 aromatic rings. The van der Waals surface area contributed by atoms with Crippen molar-refractivity contribution in [3.63, 3.8) is 0 Å². The molecule has 25 heavy (non-hydrogen) atoms. The second-order valence-electron chi connectivity index (χ2n) is 6.00. The Morgan fingerprint density at radius 2 is 2.12 bits per heavy atom. The lowest BCUT2D eigenvalue weighted by Gasteiger charge is -2.36. The Labute approximate surface area is 153 Å². The predicted octanol–water partition coefficient (Wildman–Crippen LogP) is 4.49. The third-order valence-corrected chi connectivity index (χ3v) is 5.74. The topological polar surface area (TPSA) is 64.6 Å². The first kappa shape index (κ1) is 16.1. The first-order chi connectivity index (χ1) is 12.0. The highest BCUT2D eigenvalue weighted by Gasteiger charge is 2.32. The fourth-order valence-electron chi connectivity index (χ4n) is 2.99. The third-order valence-electron chi connectivity index (χ3n) is 4.34. The Bertz CT molecular complexity index is 1000. The molecule has 0 radical (unpaired) electrons. The molecule has 1 aliphatic rings. The van der Waals surface area contributed by atoms with Gasteiger partial charge in [-0.05, 0) is 44.2 Å². The second-order valence-corrected chi connectivity index (χ2v) is 7.49. The van der Waals surface area contributed by atoms with Crippen molar-refractivity contribution in [1.29, 1.82) is 0 Å². The van der Waals surface area contributed by atoms with E-state index in [4.69, 9.17) is 11.6 Å². The molecule has 1 aliphatic heterocycles. The molecule has 2 heterocycles. The zero-order chi connectivity index (χ0) is 17.7. The average molecular weight is 374 g/mol. The van der Waals surface area contributed by atoms with Gasteiger partial charge in [-0.3, -0.25) is 15.2 Å². The number of anilines is 2. The molecule has 0 bridgehead atoms. The molecule has 0 spiro atoms. The van der Waals surface area contributed by atoms with E-state index in [2.05, 4.69) is 10.7 Å². The van der Waals surface area contributed by atoms with Crippen LogP contribution in [0.1, 0.15) is 22.2 Å². The molecule has 1 amide bonds. The van der Waals surface area contributed by atoms with Gasteiger partial charge in [0.25, 0.3) is 5.91 Å². The highest BCUT2D eigenvalue weighted by molar-refractivity contribution is 7.21. The Balaban J connectivity index is 1.88. The van der Waals surface area contributed by atoms with E-state index in [0.717, 1.165) is 27.0 Å². The van der Waals surface area contributed by atoms with E-state index in [1.807, 2.05) is 43.1 Å². The largest absolute Gasteiger partial charge is 0.508 e. The van der Waals surface area contributed by atoms with Gasteiger partial charge in [-0.25, -0.2) is 0 Å². The highest BCUT2D eigenvalue weighted by atomic mass is 35.5. The van der Waals surface area contributed by atoms with E-state index in [1.54, 1.807) is 12.1 Å². The maximum absolute atomic E-state index is 12.4. The standard InChI is InChI=1S/C18H16ClN3O2S/c1-9-13(4-3-5-14(9)23)21-22-10(2)20-18(24)17-16(22)12-8-11(19)6-7-15(12)25-17/h3-8,10,21,23H,1-2H3,(H,20,24). The van der Waals surface area contributed by atoms with Gasteiger partial charge in [-0.2, -0.15) is 0 Å². The summed E-state index contributed by atoms with van der Waals surface area (Å²) >= 11 is 7.62. The maximum Gasteiger partial charge on any atom is 0.265 e. The van der Waals surface area contributed by atoms with Crippen LogP contribution < -0.4 is 15.8 Å². The van der Waals surface area contributed by atoms with E-state index >= 15 is 0 Å². The number of nitrogens with one attached hydrogen (secondary N) is 2. The summed E-state index contributed by atoms with van der Waals surface area (Å²) in [7, 11) is 0. The molecule has 3 N–H and O–H groups in total. The molecule has 7 heteroatoms. The van der Waals surface area contributed by atoms with Gasteiger partial charge in [0.05, 0.1) is 11.4 Å². The van der Waals surface area contributed by atoms with Gasteiger partial charge < -0.3 is 10.4 Å². The number of hydrazine groups is 1. The van der Waals surface area contributed by atoms with Crippen molar-refractivity contribution in [3.8, 4) is 5.75 Å². The van der Waals surface area contributed by atoms with Crippen LogP contribution in [0.25, 0.3) is 10.1 Å². The lowest BCUT2D eigenvalue weighted by molar-refractivity contribution is 0.0937. The van der Waals surface area contributed by atoms with E-state index in [-0.39, 0.29) is 17.8 Å². The number of nitrogens with zero attached hydrogens (tertiary/aromatic N) is 1. The van der Waals surface area contributed by atoms with Gasteiger partial charge >= 0.3 is 0 Å². The Hall–Kier alpha value is -2.44. The van der Waals surface area contributed by atoms with Crippen LogP contribution in [-0.4, -0.2) is 17.2 Å². The Morgan fingerprint density at radius 3 is 2.92 bits per heavy atom. The number of carbonyl (C=O) groups excluding carboxylic acids is 1. The first-order valence-electron chi connectivity index (χ1n) is 7.83. The molecule has 0 aliphatic carbocycles. The number of phenols is 1. The third kappa shape index (κ3) is 2.58. The number of hydrogen-bond acceptors (Lipinski definition) is 5. The average Bonchev–Trinajstić information content (AvgIpc) is 2.94. The lowest BCUT2D eigenvalue weighted by Crippen LogP contribution is -2.53. The number of phenolic OH excluding ortho intramolecular Hbond substituents is 1. The molecule has 128 valence electrons. The molecule has 0 saturated carbocycles. The summed E-state index contributed by atoms with van der Waals surface area (Å²) in [6.07, 6.45) is -0.265. The van der Waals surface area contributed by atoms with Crippen LogP contribution in [0.4, 0.5) is 11.4 Å². The number of carbonyl (C=O) groups is 1. The van der Waals surface area contributed by atoms with Crippen LogP contribution in [-0.2, 0) is 0 Å². The normalized spacial score (nSPS) is 16.7. The summed E-state index contributed by atoms with van der Waals surface area (Å²) in [6.45, 7) is 3.74. The van der Waals surface area contributed by atoms with Gasteiger partial charge in [-0.15, -0.1) is 11.3 Å². The summed E-state index contributed by atoms with van der Waals surface area (Å²) in [4.78, 5) is 13.1. The van der Waals surface area contributed by atoms with Crippen molar-refractivity contribution >= 4 is 50.3 Å². The molecular formula is C18H16ClN3O2S. The Morgan fingerprint density at radius 1 is 1.32 bits per heavy atom. The summed E-state index contributed by atoms with van der Waals surface area (Å²) in [5.41, 5.74) is 5.66. The quantitative estimate of drug-likeness (QED) is 0.619. The fraction of sp³-hybridized carbons (Fsp3) is 0.167. The van der Waals surface area contributed by atoms with Gasteiger partial charge in [0.1, 0.15) is 16.8 Å². The van der Waals surface area contributed by atoms with Crippen LogP contribution in [0, 0.1) is 6.92 Å². The number of rotatable bonds is 2. The zero-order valence-electron chi connectivity index (χ0n) is 13.6. The SMILES string of the molecule is Cc1c(O)cccc1NN1c2c(sc3ccc(Cl)cc23)C(=O)NC1C. The van der Waals surface area contributed by atoms with Crippen molar-refractivity contribution in [2.75, 3.05) is 10.4 Å². The number of amides is 1.